The van der Waals surface area contributed by atoms with Gasteiger partial charge in [-0.15, -0.1) is 0 Å². The molecule has 0 bridgehead atoms. The average molecular weight is 542 g/mol. The molecule has 0 spiro atoms. The van der Waals surface area contributed by atoms with E-state index in [-0.39, 0.29) is 12.8 Å². The highest BCUT2D eigenvalue weighted by atomic mass is 16.7. The molecule has 0 radical (unpaired) electrons. The Morgan fingerprint density at radius 3 is 2.20 bits per heavy atom. The lowest BCUT2D eigenvalue weighted by Gasteiger charge is -2.42. The summed E-state index contributed by atoms with van der Waals surface area (Å²) in [5, 5.41) is 1.96. The van der Waals surface area contributed by atoms with E-state index in [0.717, 1.165) is 63.4 Å². The van der Waals surface area contributed by atoms with Crippen LogP contribution in [0.4, 0.5) is 0 Å². The molecule has 1 aliphatic heterocycles. The fourth-order valence-electron chi connectivity index (χ4n) is 6.22. The molecule has 6 heteroatoms. The molecule has 0 unspecified atom stereocenters. The van der Waals surface area contributed by atoms with E-state index in [4.69, 9.17) is 23.7 Å². The third-order valence-electron chi connectivity index (χ3n) is 8.04. The van der Waals surface area contributed by atoms with Crippen LogP contribution >= 0.6 is 0 Å². The summed E-state index contributed by atoms with van der Waals surface area (Å²) in [5.41, 5.74) is 7.04. The highest BCUT2D eigenvalue weighted by molar-refractivity contribution is 6.05. The second-order valence-electron chi connectivity index (χ2n) is 10.5. The number of benzene rings is 4. The van der Waals surface area contributed by atoms with Gasteiger partial charge in [0.2, 0.25) is 0 Å². The average Bonchev–Trinajstić information content (AvgIpc) is 2.97. The number of rotatable bonds is 9. The highest BCUT2D eigenvalue weighted by Crippen LogP contribution is 2.51. The van der Waals surface area contributed by atoms with Gasteiger partial charge in [-0.1, -0.05) is 36.4 Å². The summed E-state index contributed by atoms with van der Waals surface area (Å²) >= 11 is 0. The van der Waals surface area contributed by atoms with Crippen LogP contribution in [0.2, 0.25) is 0 Å². The van der Waals surface area contributed by atoms with Gasteiger partial charge in [0.25, 0.3) is 0 Å². The van der Waals surface area contributed by atoms with Gasteiger partial charge in [0.15, 0.2) is 6.79 Å². The van der Waals surface area contributed by atoms with Gasteiger partial charge in [-0.25, -0.2) is 0 Å². The van der Waals surface area contributed by atoms with Crippen LogP contribution in [0.15, 0.2) is 60.7 Å². The molecule has 4 aromatic rings. The first kappa shape index (κ1) is 27.8. The Morgan fingerprint density at radius 2 is 1.52 bits per heavy atom. The molecular formula is C34H39NO5. The number of hydrogen-bond acceptors (Lipinski definition) is 6. The minimum atomic E-state index is 0.144. The molecule has 6 nitrogen and oxygen atoms in total. The van der Waals surface area contributed by atoms with Crippen molar-refractivity contribution in [2.75, 3.05) is 35.2 Å². The molecule has 1 aliphatic rings. The molecule has 0 amide bonds. The van der Waals surface area contributed by atoms with Crippen LogP contribution in [0.25, 0.3) is 21.9 Å². The zero-order chi connectivity index (χ0) is 28.4. The van der Waals surface area contributed by atoms with Gasteiger partial charge in [0.1, 0.15) is 23.0 Å². The minimum absolute atomic E-state index is 0.144. The van der Waals surface area contributed by atoms with Crippen LogP contribution < -0.4 is 18.9 Å². The van der Waals surface area contributed by atoms with E-state index in [1.807, 2.05) is 18.2 Å². The lowest BCUT2D eigenvalue weighted by molar-refractivity contribution is 0.0521. The van der Waals surface area contributed by atoms with Gasteiger partial charge >= 0.3 is 0 Å². The van der Waals surface area contributed by atoms with E-state index in [9.17, 15) is 0 Å². The van der Waals surface area contributed by atoms with Gasteiger partial charge < -0.3 is 23.7 Å². The van der Waals surface area contributed by atoms with E-state index < -0.39 is 0 Å². The Hall–Kier alpha value is -3.74. The Balaban J connectivity index is 1.75. The first-order valence-electron chi connectivity index (χ1n) is 13.7. The highest BCUT2D eigenvalue weighted by Gasteiger charge is 2.35. The van der Waals surface area contributed by atoms with E-state index in [1.165, 1.54) is 16.7 Å². The van der Waals surface area contributed by atoms with Crippen LogP contribution in [-0.4, -0.2) is 46.2 Å². The third-order valence-corrected chi connectivity index (χ3v) is 8.04. The molecule has 0 fully saturated rings. The summed E-state index contributed by atoms with van der Waals surface area (Å²) in [6, 6.07) is 21.5. The van der Waals surface area contributed by atoms with Crippen molar-refractivity contribution in [3.8, 4) is 34.1 Å². The van der Waals surface area contributed by atoms with Crippen LogP contribution in [0.1, 0.15) is 42.1 Å². The molecule has 0 N–H and O–H groups in total. The van der Waals surface area contributed by atoms with Gasteiger partial charge in [-0.2, -0.15) is 0 Å². The van der Waals surface area contributed by atoms with E-state index in [2.05, 4.69) is 68.1 Å². The van der Waals surface area contributed by atoms with Crippen molar-refractivity contribution in [2.24, 2.45) is 0 Å². The van der Waals surface area contributed by atoms with E-state index in [1.54, 1.807) is 28.4 Å². The van der Waals surface area contributed by atoms with Crippen molar-refractivity contribution in [1.29, 1.82) is 0 Å². The minimum Gasteiger partial charge on any atom is -0.496 e. The second kappa shape index (κ2) is 11.8. The fraction of sp³-hybridized carbons (Fsp3) is 0.353. The predicted molar refractivity (Wildman–Crippen MR) is 160 cm³/mol. The lowest BCUT2D eigenvalue weighted by atomic mass is 9.81. The number of aryl methyl sites for hydroxylation is 1. The molecule has 0 saturated heterocycles. The fourth-order valence-corrected chi connectivity index (χ4v) is 6.22. The molecule has 2 atom stereocenters. The van der Waals surface area contributed by atoms with Crippen molar-refractivity contribution in [3.63, 3.8) is 0 Å². The number of hydrogen-bond donors (Lipinski definition) is 0. The van der Waals surface area contributed by atoms with Crippen LogP contribution in [0, 0.1) is 6.92 Å². The van der Waals surface area contributed by atoms with Crippen LogP contribution in [0.3, 0.4) is 0 Å². The topological polar surface area (TPSA) is 49.4 Å². The second-order valence-corrected chi connectivity index (χ2v) is 10.5. The summed E-state index contributed by atoms with van der Waals surface area (Å²) in [7, 11) is 6.79. The molecule has 210 valence electrons. The lowest BCUT2D eigenvalue weighted by Crippen LogP contribution is -2.41. The number of fused-ring (bicyclic) bond motifs is 2. The Labute approximate surface area is 237 Å². The molecule has 4 aromatic carbocycles. The molecule has 40 heavy (non-hydrogen) atoms. The normalized spacial score (nSPS) is 17.0. The molecular weight excluding hydrogens is 502 g/mol. The smallest absolute Gasteiger partial charge is 0.188 e. The quantitative estimate of drug-likeness (QED) is 0.207. The summed E-state index contributed by atoms with van der Waals surface area (Å²) in [5.74, 6) is 3.12. The maximum Gasteiger partial charge on any atom is 0.188 e. The summed E-state index contributed by atoms with van der Waals surface area (Å²) in [6.07, 6.45) is 0.863. The zero-order valence-electron chi connectivity index (χ0n) is 24.5. The summed E-state index contributed by atoms with van der Waals surface area (Å²) in [4.78, 5) is 2.56. The van der Waals surface area contributed by atoms with Gasteiger partial charge in [0.05, 0.1) is 26.7 Å². The maximum absolute atomic E-state index is 6.06. The standard InChI is InChI=1S/C34H39NO5/c1-21-15-26-25(13-14-28(40-20-36-4)34(26)29(16-21)37-5)33-27-17-22(2)35(19-24-11-9-8-10-12-24)23(3)32(27)30(38-6)18-31(33)39-7/h8-16,18,22-23H,17,19-20H2,1-7H3/t22-,23-/m1/s1. The maximum atomic E-state index is 6.06. The molecule has 5 rings (SSSR count). The summed E-state index contributed by atoms with van der Waals surface area (Å²) in [6.45, 7) is 7.70. The van der Waals surface area contributed by atoms with E-state index in [0.29, 0.717) is 6.04 Å². The largest absolute Gasteiger partial charge is 0.496 e. The Kier molecular flexibility index (Phi) is 8.19. The van der Waals surface area contributed by atoms with Crippen LogP contribution in [0.5, 0.6) is 23.0 Å². The third kappa shape index (κ3) is 4.98. The predicted octanol–water partition coefficient (Wildman–Crippen LogP) is 7.33. The van der Waals surface area contributed by atoms with Crippen LogP contribution in [-0.2, 0) is 17.7 Å². The van der Waals surface area contributed by atoms with Gasteiger partial charge in [0, 0.05) is 42.9 Å². The first-order valence-corrected chi connectivity index (χ1v) is 13.7. The number of methoxy groups -OCH3 is 4. The summed E-state index contributed by atoms with van der Waals surface area (Å²) < 4.78 is 29.1. The Bertz CT molecular complexity index is 1500. The number of ether oxygens (including phenoxy) is 5. The molecule has 0 saturated carbocycles. The SMILES string of the molecule is COCOc1ccc(-c2c(OC)cc(OC)c3c2C[C@@H](C)N(Cc2ccccc2)[C@@H]3C)c2cc(C)cc(OC)c12. The van der Waals surface area contributed by atoms with E-state index >= 15 is 0 Å². The van der Waals surface area contributed by atoms with Gasteiger partial charge in [-0.3, -0.25) is 4.90 Å². The van der Waals surface area contributed by atoms with Crippen molar-refractivity contribution in [2.45, 2.75) is 45.8 Å². The zero-order valence-corrected chi connectivity index (χ0v) is 24.5. The van der Waals surface area contributed by atoms with Crippen molar-refractivity contribution in [1.82, 2.24) is 4.90 Å². The first-order chi connectivity index (χ1) is 19.4. The monoisotopic (exact) mass is 541 g/mol. The van der Waals surface area contributed by atoms with Gasteiger partial charge in [-0.05, 0) is 73.0 Å². The van der Waals surface area contributed by atoms with Crippen molar-refractivity contribution in [3.05, 3.63) is 82.9 Å². The Morgan fingerprint density at radius 1 is 0.800 bits per heavy atom. The molecule has 0 aromatic heterocycles. The molecule has 1 heterocycles. The van der Waals surface area contributed by atoms with Crippen molar-refractivity contribution >= 4 is 10.8 Å². The van der Waals surface area contributed by atoms with Crippen molar-refractivity contribution < 1.29 is 23.7 Å². The molecule has 0 aliphatic carbocycles. The number of nitrogens with zero attached hydrogens (tertiary/aromatic N) is 1.